The first-order valence-corrected chi connectivity index (χ1v) is 9.95. The number of nitrogens with one attached hydrogen (secondary N) is 2. The normalized spacial score (nSPS) is 11.4. The minimum absolute atomic E-state index is 0.0582. The number of carbonyl (C=O) groups is 2. The van der Waals surface area contributed by atoms with Crippen molar-refractivity contribution < 1.29 is 9.59 Å². The molecule has 0 saturated heterocycles. The molecule has 2 aromatic heterocycles. The van der Waals surface area contributed by atoms with Gasteiger partial charge < -0.3 is 16.0 Å². The second-order valence-electron chi connectivity index (χ2n) is 7.17. The van der Waals surface area contributed by atoms with Crippen LogP contribution in [0.1, 0.15) is 22.4 Å². The van der Waals surface area contributed by atoms with E-state index in [2.05, 4.69) is 15.3 Å². The molecule has 2 heterocycles. The van der Waals surface area contributed by atoms with Gasteiger partial charge in [-0.15, -0.1) is 0 Å². The Morgan fingerprint density at radius 3 is 2.39 bits per heavy atom. The summed E-state index contributed by atoms with van der Waals surface area (Å²) in [4.78, 5) is 31.9. The van der Waals surface area contributed by atoms with Gasteiger partial charge in [-0.3, -0.25) is 9.59 Å². The molecule has 6 nitrogen and oxygen atoms in total. The van der Waals surface area contributed by atoms with Crippen LogP contribution in [0.5, 0.6) is 0 Å². The third kappa shape index (κ3) is 4.87. The van der Waals surface area contributed by atoms with E-state index >= 15 is 0 Å². The maximum atomic E-state index is 12.2. The molecule has 0 fully saturated rings. The molecule has 0 saturated carbocycles. The average molecular weight is 410 g/mol. The average Bonchev–Trinajstić information content (AvgIpc) is 3.19. The summed E-state index contributed by atoms with van der Waals surface area (Å²) in [5, 5.41) is 3.77. The molecular weight excluding hydrogens is 388 g/mol. The Morgan fingerprint density at radius 1 is 0.968 bits per heavy atom. The lowest BCUT2D eigenvalue weighted by Gasteiger charge is -2.06. The van der Waals surface area contributed by atoms with E-state index in [0.717, 1.165) is 27.8 Å². The molecule has 2 amide bonds. The van der Waals surface area contributed by atoms with Crippen LogP contribution in [0.2, 0.25) is 0 Å². The van der Waals surface area contributed by atoms with Crippen molar-refractivity contribution in [2.45, 2.75) is 13.0 Å². The first-order chi connectivity index (χ1) is 15.1. The molecule has 4 rings (SSSR count). The molecule has 2 aromatic carbocycles. The van der Waals surface area contributed by atoms with E-state index in [1.807, 2.05) is 72.8 Å². The molecule has 0 aliphatic heterocycles. The van der Waals surface area contributed by atoms with E-state index in [4.69, 9.17) is 5.73 Å². The number of H-pyrrole nitrogens is 1. The zero-order chi connectivity index (χ0) is 21.6. The van der Waals surface area contributed by atoms with Crippen LogP contribution >= 0.6 is 0 Å². The largest absolute Gasteiger partial charge is 0.366 e. The van der Waals surface area contributed by atoms with Gasteiger partial charge in [-0.25, -0.2) is 4.98 Å². The third-order valence-corrected chi connectivity index (χ3v) is 4.95. The molecule has 0 bridgehead atoms. The maximum absolute atomic E-state index is 12.2. The smallest absolute Gasteiger partial charge is 0.249 e. The fraction of sp³-hybridized carbons (Fsp3) is 0.0800. The van der Waals surface area contributed by atoms with Crippen molar-refractivity contribution >= 4 is 34.5 Å². The van der Waals surface area contributed by atoms with Gasteiger partial charge in [0.2, 0.25) is 11.8 Å². The Hall–Kier alpha value is -4.19. The fourth-order valence-electron chi connectivity index (χ4n) is 3.39. The number of primary amides is 1. The number of fused-ring (bicyclic) bond motifs is 1. The van der Waals surface area contributed by atoms with E-state index in [1.165, 1.54) is 0 Å². The number of carbonyl (C=O) groups excluding carboxylic acids is 2. The fourth-order valence-corrected chi connectivity index (χ4v) is 3.39. The van der Waals surface area contributed by atoms with Crippen molar-refractivity contribution in [1.29, 1.82) is 0 Å². The zero-order valence-electron chi connectivity index (χ0n) is 16.8. The molecule has 0 radical (unpaired) electrons. The summed E-state index contributed by atoms with van der Waals surface area (Å²) in [6.45, 7) is 0.336. The van der Waals surface area contributed by atoms with Crippen LogP contribution < -0.4 is 11.1 Å². The lowest BCUT2D eigenvalue weighted by molar-refractivity contribution is -0.120. The number of amides is 2. The highest BCUT2D eigenvalue weighted by atomic mass is 16.1. The highest BCUT2D eigenvalue weighted by Crippen LogP contribution is 2.23. The van der Waals surface area contributed by atoms with Crippen molar-refractivity contribution in [2.24, 2.45) is 5.73 Å². The zero-order valence-corrected chi connectivity index (χ0v) is 16.8. The summed E-state index contributed by atoms with van der Waals surface area (Å²) in [6.07, 6.45) is 3.89. The molecule has 6 heteroatoms. The minimum atomic E-state index is -0.494. The first kappa shape index (κ1) is 20.1. The predicted molar refractivity (Wildman–Crippen MR) is 122 cm³/mol. The summed E-state index contributed by atoms with van der Waals surface area (Å²) < 4.78 is 0. The van der Waals surface area contributed by atoms with Gasteiger partial charge in [-0.1, -0.05) is 60.7 Å². The SMILES string of the molecule is NC(=O)/C(=C\c1c[nH]c2nc(CNC(=O)Cc3ccccc3)ccc12)c1ccccc1. The quantitative estimate of drug-likeness (QED) is 0.407. The van der Waals surface area contributed by atoms with Crippen LogP contribution in [0.3, 0.4) is 0 Å². The maximum Gasteiger partial charge on any atom is 0.249 e. The van der Waals surface area contributed by atoms with Gasteiger partial charge in [-0.05, 0) is 29.3 Å². The Kier molecular flexibility index (Phi) is 5.89. The van der Waals surface area contributed by atoms with Gasteiger partial charge >= 0.3 is 0 Å². The Morgan fingerprint density at radius 2 is 1.68 bits per heavy atom. The van der Waals surface area contributed by atoms with Crippen LogP contribution in [0, 0.1) is 0 Å². The van der Waals surface area contributed by atoms with Crippen LogP contribution in [0.4, 0.5) is 0 Å². The lowest BCUT2D eigenvalue weighted by atomic mass is 10.0. The number of aromatic nitrogens is 2. The third-order valence-electron chi connectivity index (χ3n) is 4.95. The highest BCUT2D eigenvalue weighted by molar-refractivity contribution is 6.24. The van der Waals surface area contributed by atoms with Crippen LogP contribution in [-0.4, -0.2) is 21.8 Å². The van der Waals surface area contributed by atoms with E-state index < -0.39 is 5.91 Å². The standard InChI is InChI=1S/C25H22N4O2/c26-24(31)22(18-9-5-2-6-10-18)14-19-15-28-25-21(19)12-11-20(29-25)16-27-23(30)13-17-7-3-1-4-8-17/h1-12,14-15H,13,16H2,(H2,26,31)(H,27,30)(H,28,29)/b22-14-. The Labute approximate surface area is 179 Å². The van der Waals surface area contributed by atoms with Crippen molar-refractivity contribution in [3.63, 3.8) is 0 Å². The predicted octanol–water partition coefficient (Wildman–Crippen LogP) is 3.45. The van der Waals surface area contributed by atoms with Gasteiger partial charge in [0.25, 0.3) is 0 Å². The summed E-state index contributed by atoms with van der Waals surface area (Å²) in [5.74, 6) is -0.552. The molecule has 0 atom stereocenters. The van der Waals surface area contributed by atoms with Crippen molar-refractivity contribution in [1.82, 2.24) is 15.3 Å². The van der Waals surface area contributed by atoms with E-state index in [0.29, 0.717) is 24.2 Å². The molecule has 4 N–H and O–H groups in total. The van der Waals surface area contributed by atoms with Crippen LogP contribution in [0.15, 0.2) is 79.0 Å². The van der Waals surface area contributed by atoms with E-state index in [1.54, 1.807) is 12.3 Å². The monoisotopic (exact) mass is 410 g/mol. The molecule has 0 aliphatic carbocycles. The van der Waals surface area contributed by atoms with E-state index in [9.17, 15) is 9.59 Å². The number of benzene rings is 2. The Bertz CT molecular complexity index is 1240. The van der Waals surface area contributed by atoms with Crippen LogP contribution in [0.25, 0.3) is 22.7 Å². The number of hydrogen-bond donors (Lipinski definition) is 3. The molecule has 154 valence electrons. The molecular formula is C25H22N4O2. The number of aromatic amines is 1. The molecule has 0 unspecified atom stereocenters. The molecule has 0 aliphatic rings. The van der Waals surface area contributed by atoms with Gasteiger partial charge in [0, 0.05) is 22.7 Å². The highest BCUT2D eigenvalue weighted by Gasteiger charge is 2.11. The first-order valence-electron chi connectivity index (χ1n) is 9.95. The molecule has 31 heavy (non-hydrogen) atoms. The summed E-state index contributed by atoms with van der Waals surface area (Å²) >= 11 is 0. The summed E-state index contributed by atoms with van der Waals surface area (Å²) in [5.41, 5.74) is 10.00. The molecule has 0 spiro atoms. The number of nitrogens with two attached hydrogens (primary N) is 1. The molecule has 4 aromatic rings. The summed E-state index contributed by atoms with van der Waals surface area (Å²) in [6, 6.07) is 22.7. The van der Waals surface area contributed by atoms with Crippen molar-refractivity contribution in [3.05, 3.63) is 101 Å². The van der Waals surface area contributed by atoms with Gasteiger partial charge in [0.1, 0.15) is 5.65 Å². The van der Waals surface area contributed by atoms with E-state index in [-0.39, 0.29) is 5.91 Å². The number of nitrogens with zero attached hydrogens (tertiary/aromatic N) is 1. The number of pyridine rings is 1. The van der Waals surface area contributed by atoms with Crippen molar-refractivity contribution in [3.8, 4) is 0 Å². The number of rotatable bonds is 7. The van der Waals surface area contributed by atoms with Gasteiger partial charge in [0.15, 0.2) is 0 Å². The summed E-state index contributed by atoms with van der Waals surface area (Å²) in [7, 11) is 0. The topological polar surface area (TPSA) is 101 Å². The second-order valence-corrected chi connectivity index (χ2v) is 7.17. The Balaban J connectivity index is 1.50. The minimum Gasteiger partial charge on any atom is -0.366 e. The van der Waals surface area contributed by atoms with Crippen molar-refractivity contribution in [2.75, 3.05) is 0 Å². The lowest BCUT2D eigenvalue weighted by Crippen LogP contribution is -2.24. The van der Waals surface area contributed by atoms with Gasteiger partial charge in [-0.2, -0.15) is 0 Å². The number of hydrogen-bond acceptors (Lipinski definition) is 3. The van der Waals surface area contributed by atoms with Gasteiger partial charge in [0.05, 0.1) is 18.7 Å². The second kappa shape index (κ2) is 9.09. The van der Waals surface area contributed by atoms with Crippen LogP contribution in [-0.2, 0) is 22.6 Å².